The van der Waals surface area contributed by atoms with Gasteiger partial charge in [0, 0.05) is 27.8 Å². The lowest BCUT2D eigenvalue weighted by Crippen LogP contribution is -2.19. The maximum absolute atomic E-state index is 12.1. The lowest BCUT2D eigenvalue weighted by molar-refractivity contribution is 0.205. The molecule has 1 aliphatic heterocycles. The van der Waals surface area contributed by atoms with E-state index in [1.165, 1.54) is 12.1 Å². The van der Waals surface area contributed by atoms with Crippen molar-refractivity contribution in [2.75, 3.05) is 18.5 Å². The number of aromatic amines is 1. The summed E-state index contributed by atoms with van der Waals surface area (Å²) >= 11 is 0. The minimum Gasteiger partial charge on any atom is -0.494 e. The summed E-state index contributed by atoms with van der Waals surface area (Å²) in [7, 11) is -3.92. The lowest BCUT2D eigenvalue weighted by Gasteiger charge is -2.09. The predicted molar refractivity (Wildman–Crippen MR) is 127 cm³/mol. The van der Waals surface area contributed by atoms with Crippen LogP contribution in [0.5, 0.6) is 5.88 Å². The van der Waals surface area contributed by atoms with E-state index >= 15 is 0 Å². The van der Waals surface area contributed by atoms with Gasteiger partial charge in [-0.2, -0.15) is 8.42 Å². The molecule has 0 bridgehead atoms. The molecular formula is C24H20N4O5S. The SMILES string of the molecule is O=S(=O)(OCCO)c1ccc(Nc2ccc3[nH]c(O)c(C=C4N=c5ccccc5=N4)c3c2)cc1. The smallest absolute Gasteiger partial charge is 0.297 e. The van der Waals surface area contributed by atoms with Gasteiger partial charge in [-0.05, 0) is 60.7 Å². The molecule has 34 heavy (non-hydrogen) atoms. The number of anilines is 2. The van der Waals surface area contributed by atoms with Crippen molar-refractivity contribution in [1.29, 1.82) is 0 Å². The molecule has 0 atom stereocenters. The van der Waals surface area contributed by atoms with Crippen molar-refractivity contribution in [1.82, 2.24) is 4.98 Å². The highest BCUT2D eigenvalue weighted by molar-refractivity contribution is 7.86. The molecule has 0 amide bonds. The molecule has 3 aromatic carbocycles. The third-order valence-electron chi connectivity index (χ3n) is 5.20. The van der Waals surface area contributed by atoms with Gasteiger partial charge in [-0.1, -0.05) is 12.1 Å². The van der Waals surface area contributed by atoms with Gasteiger partial charge in [0.2, 0.25) is 0 Å². The highest BCUT2D eigenvalue weighted by atomic mass is 32.2. The molecule has 4 aromatic rings. The van der Waals surface area contributed by atoms with Crippen LogP contribution in [0, 0.1) is 0 Å². The van der Waals surface area contributed by atoms with Crippen molar-refractivity contribution < 1.29 is 22.8 Å². The van der Waals surface area contributed by atoms with Crippen LogP contribution >= 0.6 is 0 Å². The molecule has 0 unspecified atom stereocenters. The summed E-state index contributed by atoms with van der Waals surface area (Å²) in [5, 5.41) is 24.8. The highest BCUT2D eigenvalue weighted by Crippen LogP contribution is 2.32. The molecule has 0 fully saturated rings. The maximum Gasteiger partial charge on any atom is 0.297 e. The molecule has 0 aliphatic carbocycles. The maximum atomic E-state index is 12.1. The number of aromatic nitrogens is 1. The summed E-state index contributed by atoms with van der Waals surface area (Å²) in [6, 6.07) is 19.2. The molecule has 9 nitrogen and oxygen atoms in total. The molecular weight excluding hydrogens is 456 g/mol. The minimum absolute atomic E-state index is 0.00326. The number of hydrogen-bond acceptors (Lipinski definition) is 8. The van der Waals surface area contributed by atoms with Gasteiger partial charge in [-0.25, -0.2) is 9.98 Å². The summed E-state index contributed by atoms with van der Waals surface area (Å²) in [5.41, 5.74) is 2.71. The number of aromatic hydroxyl groups is 1. The molecule has 0 saturated carbocycles. The first-order valence-corrected chi connectivity index (χ1v) is 11.8. The topological polar surface area (TPSA) is 136 Å². The Morgan fingerprint density at radius 2 is 1.65 bits per heavy atom. The number of para-hydroxylation sites is 2. The van der Waals surface area contributed by atoms with E-state index in [0.717, 1.165) is 27.3 Å². The average Bonchev–Trinajstić information content (AvgIpc) is 3.38. The van der Waals surface area contributed by atoms with Crippen LogP contribution in [-0.2, 0) is 14.3 Å². The van der Waals surface area contributed by atoms with Gasteiger partial charge in [0.1, 0.15) is 0 Å². The van der Waals surface area contributed by atoms with Crippen LogP contribution < -0.4 is 16.0 Å². The summed E-state index contributed by atoms with van der Waals surface area (Å²) in [6.07, 6.45) is 1.73. The van der Waals surface area contributed by atoms with E-state index in [2.05, 4.69) is 20.3 Å². The van der Waals surface area contributed by atoms with Crippen molar-refractivity contribution >= 4 is 38.5 Å². The number of rotatable bonds is 7. The van der Waals surface area contributed by atoms with E-state index < -0.39 is 10.1 Å². The molecule has 1 aromatic heterocycles. The van der Waals surface area contributed by atoms with Crippen LogP contribution in [0.15, 0.2) is 87.4 Å². The monoisotopic (exact) mass is 476 g/mol. The van der Waals surface area contributed by atoms with Crippen molar-refractivity contribution in [3.8, 4) is 5.88 Å². The third kappa shape index (κ3) is 4.29. The van der Waals surface area contributed by atoms with Crippen LogP contribution in [0.1, 0.15) is 5.56 Å². The number of hydrogen-bond donors (Lipinski definition) is 4. The number of nitrogens with zero attached hydrogens (tertiary/aromatic N) is 2. The van der Waals surface area contributed by atoms with Crippen LogP contribution in [0.3, 0.4) is 0 Å². The summed E-state index contributed by atoms with van der Waals surface area (Å²) in [6.45, 7) is -0.680. The van der Waals surface area contributed by atoms with E-state index in [0.29, 0.717) is 17.1 Å². The van der Waals surface area contributed by atoms with Crippen molar-refractivity contribution in [3.63, 3.8) is 0 Å². The van der Waals surface area contributed by atoms with Gasteiger partial charge < -0.3 is 20.5 Å². The van der Waals surface area contributed by atoms with Gasteiger partial charge in [-0.3, -0.25) is 4.18 Å². The van der Waals surface area contributed by atoms with Gasteiger partial charge in [0.25, 0.3) is 10.1 Å². The fourth-order valence-corrected chi connectivity index (χ4v) is 4.53. The first-order valence-electron chi connectivity index (χ1n) is 10.4. The van der Waals surface area contributed by atoms with Crippen LogP contribution in [0.25, 0.3) is 17.0 Å². The van der Waals surface area contributed by atoms with E-state index in [4.69, 9.17) is 9.29 Å². The second-order valence-electron chi connectivity index (χ2n) is 7.51. The van der Waals surface area contributed by atoms with E-state index in [-0.39, 0.29) is 24.0 Å². The fourth-order valence-electron chi connectivity index (χ4n) is 3.63. The zero-order chi connectivity index (χ0) is 23.7. The van der Waals surface area contributed by atoms with E-state index in [9.17, 15) is 13.5 Å². The Labute approximate surface area is 194 Å². The summed E-state index contributed by atoms with van der Waals surface area (Å²) in [4.78, 5) is 11.9. The van der Waals surface area contributed by atoms with Gasteiger partial charge >= 0.3 is 0 Å². The molecule has 0 spiro atoms. The quantitative estimate of drug-likeness (QED) is 0.303. The predicted octanol–water partition coefficient (Wildman–Crippen LogP) is 2.57. The van der Waals surface area contributed by atoms with Crippen LogP contribution in [-0.4, -0.2) is 36.8 Å². The van der Waals surface area contributed by atoms with Gasteiger partial charge in [0.05, 0.1) is 28.8 Å². The normalized spacial score (nSPS) is 12.8. The Balaban J connectivity index is 1.43. The molecule has 4 N–H and O–H groups in total. The number of aliphatic hydroxyl groups is 1. The Morgan fingerprint density at radius 3 is 2.32 bits per heavy atom. The molecule has 0 radical (unpaired) electrons. The van der Waals surface area contributed by atoms with Crippen LogP contribution in [0.2, 0.25) is 0 Å². The molecule has 2 heterocycles. The first kappa shape index (κ1) is 21.8. The minimum atomic E-state index is -3.92. The fraction of sp³-hybridized carbons (Fsp3) is 0.0833. The molecule has 5 rings (SSSR count). The summed E-state index contributed by atoms with van der Waals surface area (Å²) in [5.74, 6) is 0.509. The number of benzene rings is 3. The first-order chi connectivity index (χ1) is 16.4. The van der Waals surface area contributed by atoms with E-state index in [1.807, 2.05) is 42.5 Å². The van der Waals surface area contributed by atoms with Crippen molar-refractivity contribution in [3.05, 3.63) is 88.8 Å². The number of nitrogens with one attached hydrogen (secondary N) is 2. The second-order valence-corrected chi connectivity index (χ2v) is 9.13. The lowest BCUT2D eigenvalue weighted by atomic mass is 10.1. The average molecular weight is 477 g/mol. The van der Waals surface area contributed by atoms with Crippen molar-refractivity contribution in [2.45, 2.75) is 4.90 Å². The van der Waals surface area contributed by atoms with Gasteiger partial charge in [0.15, 0.2) is 11.7 Å². The van der Waals surface area contributed by atoms with Crippen molar-refractivity contribution in [2.24, 2.45) is 9.98 Å². The molecule has 10 heteroatoms. The highest BCUT2D eigenvalue weighted by Gasteiger charge is 2.15. The number of fused-ring (bicyclic) bond motifs is 2. The molecule has 172 valence electrons. The number of aliphatic hydroxyl groups excluding tert-OH is 1. The Bertz CT molecular complexity index is 1600. The van der Waals surface area contributed by atoms with Crippen LogP contribution in [0.4, 0.5) is 11.4 Å². The Kier molecular flexibility index (Phi) is 5.62. The van der Waals surface area contributed by atoms with Gasteiger partial charge in [-0.15, -0.1) is 0 Å². The zero-order valence-electron chi connectivity index (χ0n) is 17.8. The third-order valence-corrected chi connectivity index (χ3v) is 6.53. The Morgan fingerprint density at radius 1 is 0.971 bits per heavy atom. The largest absolute Gasteiger partial charge is 0.494 e. The Hall–Kier alpha value is -3.99. The zero-order valence-corrected chi connectivity index (χ0v) is 18.6. The van der Waals surface area contributed by atoms with E-state index in [1.54, 1.807) is 18.2 Å². The summed E-state index contributed by atoms with van der Waals surface area (Å²) < 4.78 is 28.8. The molecule has 0 saturated heterocycles. The number of H-pyrrole nitrogens is 1. The molecule has 1 aliphatic rings. The standard InChI is InChI=1S/C24H20N4O5S/c29-11-12-33-34(31,32)17-8-5-15(6-9-17)25-16-7-10-20-18(13-16)19(24(30)28-20)14-23-26-21-3-1-2-4-22(21)27-23/h1-10,13-14,25,28-30H,11-12H2. The second kappa shape index (κ2) is 8.75.